The molecule has 2 N–H and O–H groups in total. The molecular formula is C16H29NO2. The highest BCUT2D eigenvalue weighted by molar-refractivity contribution is 5.79. The van der Waals surface area contributed by atoms with E-state index in [1.54, 1.807) is 0 Å². The Hall–Kier alpha value is -0.570. The van der Waals surface area contributed by atoms with Gasteiger partial charge < -0.3 is 10.4 Å². The molecule has 3 nitrogen and oxygen atoms in total. The van der Waals surface area contributed by atoms with E-state index in [0.29, 0.717) is 6.42 Å². The fraction of sp³-hybridized carbons (Fsp3) is 0.938. The standard InChI is InChI=1S/C16H29NO2/c1-16(2,9-10-18)17-15(19)14-8-7-12-5-3-4-6-13(12)11-14/h12-14,18H,3-11H2,1-2H3,(H,17,19). The molecule has 0 aliphatic heterocycles. The number of fused-ring (bicyclic) bond motifs is 1. The number of aliphatic hydroxyl groups excluding tert-OH is 1. The molecule has 19 heavy (non-hydrogen) atoms. The molecule has 0 spiro atoms. The molecule has 2 aliphatic rings. The zero-order valence-electron chi connectivity index (χ0n) is 12.5. The number of hydrogen-bond donors (Lipinski definition) is 2. The molecule has 3 unspecified atom stereocenters. The first-order valence-corrected chi connectivity index (χ1v) is 7.95. The van der Waals surface area contributed by atoms with Crippen molar-refractivity contribution in [2.75, 3.05) is 6.61 Å². The number of amides is 1. The largest absolute Gasteiger partial charge is 0.396 e. The average molecular weight is 267 g/mol. The summed E-state index contributed by atoms with van der Waals surface area (Å²) in [5.41, 5.74) is -0.282. The molecule has 2 aliphatic carbocycles. The van der Waals surface area contributed by atoms with Gasteiger partial charge in [-0.1, -0.05) is 25.7 Å². The van der Waals surface area contributed by atoms with Crippen molar-refractivity contribution < 1.29 is 9.90 Å². The lowest BCUT2D eigenvalue weighted by Gasteiger charge is -2.39. The summed E-state index contributed by atoms with van der Waals surface area (Å²) in [6.45, 7) is 4.11. The minimum atomic E-state index is -0.282. The van der Waals surface area contributed by atoms with Gasteiger partial charge in [-0.05, 0) is 51.4 Å². The fourth-order valence-corrected chi connectivity index (χ4v) is 3.89. The van der Waals surface area contributed by atoms with Gasteiger partial charge in [0.05, 0.1) is 0 Å². The van der Waals surface area contributed by atoms with Gasteiger partial charge in [0.25, 0.3) is 0 Å². The van der Waals surface area contributed by atoms with Crippen LogP contribution in [-0.4, -0.2) is 23.2 Å². The maximum atomic E-state index is 12.4. The summed E-state index contributed by atoms with van der Waals surface area (Å²) >= 11 is 0. The van der Waals surface area contributed by atoms with Crippen molar-refractivity contribution in [3.63, 3.8) is 0 Å². The minimum absolute atomic E-state index is 0.128. The lowest BCUT2D eigenvalue weighted by Crippen LogP contribution is -2.48. The van der Waals surface area contributed by atoms with Gasteiger partial charge in [0.1, 0.15) is 0 Å². The van der Waals surface area contributed by atoms with Gasteiger partial charge in [-0.2, -0.15) is 0 Å². The maximum Gasteiger partial charge on any atom is 0.223 e. The number of aliphatic hydroxyl groups is 1. The maximum absolute atomic E-state index is 12.4. The predicted octanol–water partition coefficient (Wildman–Crippen LogP) is 2.87. The number of nitrogens with one attached hydrogen (secondary N) is 1. The van der Waals surface area contributed by atoms with Crippen molar-refractivity contribution in [3.05, 3.63) is 0 Å². The second kappa shape index (κ2) is 6.25. The average Bonchev–Trinajstić information content (AvgIpc) is 2.37. The van der Waals surface area contributed by atoms with E-state index >= 15 is 0 Å². The van der Waals surface area contributed by atoms with Crippen molar-refractivity contribution in [1.82, 2.24) is 5.32 Å². The summed E-state index contributed by atoms with van der Waals surface area (Å²) in [5, 5.41) is 12.2. The Balaban J connectivity index is 1.86. The summed E-state index contributed by atoms with van der Waals surface area (Å²) in [5.74, 6) is 2.10. The van der Waals surface area contributed by atoms with Gasteiger partial charge in [-0.3, -0.25) is 4.79 Å². The van der Waals surface area contributed by atoms with Crippen molar-refractivity contribution >= 4 is 5.91 Å². The second-order valence-electron chi connectivity index (χ2n) is 7.16. The molecule has 0 aromatic heterocycles. The Kier molecular flexibility index (Phi) is 4.88. The van der Waals surface area contributed by atoms with Crippen LogP contribution < -0.4 is 5.32 Å². The van der Waals surface area contributed by atoms with Crippen LogP contribution in [0.5, 0.6) is 0 Å². The van der Waals surface area contributed by atoms with Crippen LogP contribution in [0.2, 0.25) is 0 Å². The number of hydrogen-bond acceptors (Lipinski definition) is 2. The Labute approximate surface area is 117 Å². The summed E-state index contributed by atoms with van der Waals surface area (Å²) in [4.78, 5) is 12.4. The zero-order valence-corrected chi connectivity index (χ0v) is 12.5. The molecule has 3 heteroatoms. The molecule has 0 aromatic rings. The third-order valence-corrected chi connectivity index (χ3v) is 5.11. The van der Waals surface area contributed by atoms with E-state index in [2.05, 4.69) is 5.32 Å². The Bertz CT molecular complexity index is 314. The first-order chi connectivity index (χ1) is 9.02. The lowest BCUT2D eigenvalue weighted by molar-refractivity contribution is -0.129. The normalized spacial score (nSPS) is 31.6. The molecule has 3 atom stereocenters. The van der Waals surface area contributed by atoms with Crippen molar-refractivity contribution in [2.24, 2.45) is 17.8 Å². The SMILES string of the molecule is CC(C)(CCO)NC(=O)C1CCC2CCCCC2C1. The molecule has 110 valence electrons. The molecule has 2 rings (SSSR count). The molecule has 0 radical (unpaired) electrons. The van der Waals surface area contributed by atoms with Crippen LogP contribution in [0, 0.1) is 17.8 Å². The molecule has 0 aromatic carbocycles. The summed E-state index contributed by atoms with van der Waals surface area (Å²) in [6.07, 6.45) is 9.46. The van der Waals surface area contributed by atoms with Crippen molar-refractivity contribution in [1.29, 1.82) is 0 Å². The van der Waals surface area contributed by atoms with Crippen LogP contribution in [0.1, 0.15) is 65.2 Å². The Morgan fingerprint density at radius 2 is 1.84 bits per heavy atom. The van der Waals surface area contributed by atoms with E-state index in [1.807, 2.05) is 13.8 Å². The van der Waals surface area contributed by atoms with E-state index in [4.69, 9.17) is 5.11 Å². The summed E-state index contributed by atoms with van der Waals surface area (Å²) in [6, 6.07) is 0. The highest BCUT2D eigenvalue weighted by atomic mass is 16.3. The third-order valence-electron chi connectivity index (χ3n) is 5.11. The summed E-state index contributed by atoms with van der Waals surface area (Å²) in [7, 11) is 0. The van der Waals surface area contributed by atoms with Crippen molar-refractivity contribution in [3.8, 4) is 0 Å². The van der Waals surface area contributed by atoms with Crippen LogP contribution in [-0.2, 0) is 4.79 Å². The van der Waals surface area contributed by atoms with Crippen LogP contribution in [0.15, 0.2) is 0 Å². The van der Waals surface area contributed by atoms with Gasteiger partial charge in [0, 0.05) is 18.1 Å². The smallest absolute Gasteiger partial charge is 0.223 e. The topological polar surface area (TPSA) is 49.3 Å². The molecular weight excluding hydrogens is 238 g/mol. The predicted molar refractivity (Wildman–Crippen MR) is 76.7 cm³/mol. The van der Waals surface area contributed by atoms with Crippen LogP contribution >= 0.6 is 0 Å². The minimum Gasteiger partial charge on any atom is -0.396 e. The molecule has 0 saturated heterocycles. The number of carbonyl (C=O) groups excluding carboxylic acids is 1. The number of carbonyl (C=O) groups is 1. The van der Waals surface area contributed by atoms with E-state index in [0.717, 1.165) is 24.7 Å². The van der Waals surface area contributed by atoms with Gasteiger partial charge in [0.15, 0.2) is 0 Å². The van der Waals surface area contributed by atoms with Crippen LogP contribution in [0.25, 0.3) is 0 Å². The first kappa shape index (κ1) is 14.8. The van der Waals surface area contributed by atoms with Gasteiger partial charge in [0.2, 0.25) is 5.91 Å². The molecule has 0 heterocycles. The monoisotopic (exact) mass is 267 g/mol. The molecule has 0 bridgehead atoms. The van der Waals surface area contributed by atoms with Gasteiger partial charge in [-0.15, -0.1) is 0 Å². The van der Waals surface area contributed by atoms with Gasteiger partial charge >= 0.3 is 0 Å². The zero-order chi connectivity index (χ0) is 13.9. The van der Waals surface area contributed by atoms with E-state index < -0.39 is 0 Å². The van der Waals surface area contributed by atoms with Crippen molar-refractivity contribution in [2.45, 2.75) is 70.8 Å². The highest BCUT2D eigenvalue weighted by Gasteiger charge is 2.36. The van der Waals surface area contributed by atoms with Crippen LogP contribution in [0.3, 0.4) is 0 Å². The Morgan fingerprint density at radius 1 is 1.16 bits per heavy atom. The quantitative estimate of drug-likeness (QED) is 0.823. The molecule has 1 amide bonds. The third kappa shape index (κ3) is 3.95. The summed E-state index contributed by atoms with van der Waals surface area (Å²) < 4.78 is 0. The highest BCUT2D eigenvalue weighted by Crippen LogP contribution is 2.42. The van der Waals surface area contributed by atoms with E-state index in [1.165, 1.54) is 32.1 Å². The van der Waals surface area contributed by atoms with Gasteiger partial charge in [-0.25, -0.2) is 0 Å². The lowest BCUT2D eigenvalue weighted by atomic mass is 9.67. The van der Waals surface area contributed by atoms with Crippen LogP contribution in [0.4, 0.5) is 0 Å². The van der Waals surface area contributed by atoms with E-state index in [-0.39, 0.29) is 24.0 Å². The Morgan fingerprint density at radius 3 is 2.53 bits per heavy atom. The number of rotatable bonds is 4. The fourth-order valence-electron chi connectivity index (χ4n) is 3.89. The molecule has 2 fully saturated rings. The first-order valence-electron chi connectivity index (χ1n) is 7.95. The van der Waals surface area contributed by atoms with E-state index in [9.17, 15) is 4.79 Å². The molecule has 2 saturated carbocycles. The second-order valence-corrected chi connectivity index (χ2v) is 7.16.